The number of hydrogen-bond acceptors (Lipinski definition) is 2. The molecule has 4 heteroatoms. The van der Waals surface area contributed by atoms with Gasteiger partial charge in [0, 0.05) is 12.0 Å². The lowest BCUT2D eigenvalue weighted by Gasteiger charge is -2.38. The molecule has 0 radical (unpaired) electrons. The van der Waals surface area contributed by atoms with Crippen molar-refractivity contribution in [2.45, 2.75) is 65.3 Å². The van der Waals surface area contributed by atoms with Crippen molar-refractivity contribution in [3.05, 3.63) is 0 Å². The molecule has 0 bridgehead atoms. The minimum absolute atomic E-state index is 0. The number of halogens is 1. The molecule has 0 aromatic rings. The second-order valence-electron chi connectivity index (χ2n) is 8.31. The van der Waals surface area contributed by atoms with Gasteiger partial charge in [-0.3, -0.25) is 4.79 Å². The summed E-state index contributed by atoms with van der Waals surface area (Å²) in [5.41, 5.74) is 0.364. The monoisotopic (exact) mass is 328 g/mol. The molecule has 4 unspecified atom stereocenters. The van der Waals surface area contributed by atoms with E-state index in [9.17, 15) is 4.79 Å². The highest BCUT2D eigenvalue weighted by Crippen LogP contribution is 2.58. The predicted molar refractivity (Wildman–Crippen MR) is 93.2 cm³/mol. The molecular formula is C18H33ClN2O. The molecule has 2 aliphatic carbocycles. The Hall–Kier alpha value is -0.280. The first-order chi connectivity index (χ1) is 10.0. The van der Waals surface area contributed by atoms with Gasteiger partial charge in [0.15, 0.2) is 0 Å². The number of carbonyl (C=O) groups excluding carboxylic acids is 1. The van der Waals surface area contributed by atoms with E-state index in [0.29, 0.717) is 35.1 Å². The Balaban J connectivity index is 0.00000176. The van der Waals surface area contributed by atoms with E-state index in [1.807, 2.05) is 0 Å². The van der Waals surface area contributed by atoms with Crippen LogP contribution in [0.2, 0.25) is 0 Å². The average molecular weight is 329 g/mol. The van der Waals surface area contributed by atoms with Crippen LogP contribution in [-0.2, 0) is 4.79 Å². The molecule has 128 valence electrons. The highest BCUT2D eigenvalue weighted by Gasteiger charge is 2.57. The molecule has 3 nitrogen and oxygen atoms in total. The van der Waals surface area contributed by atoms with E-state index in [1.165, 1.54) is 32.1 Å². The van der Waals surface area contributed by atoms with E-state index >= 15 is 0 Å². The molecule has 3 fully saturated rings. The summed E-state index contributed by atoms with van der Waals surface area (Å²) in [6, 6.07) is 0.417. The maximum Gasteiger partial charge on any atom is 0.223 e. The second-order valence-corrected chi connectivity index (χ2v) is 8.31. The molecular weight excluding hydrogens is 296 g/mol. The Morgan fingerprint density at radius 2 is 1.91 bits per heavy atom. The van der Waals surface area contributed by atoms with Crippen LogP contribution in [0, 0.1) is 29.1 Å². The van der Waals surface area contributed by atoms with Gasteiger partial charge >= 0.3 is 0 Å². The SMILES string of the molecule is CC1CCC(C(C)C)C(NC(=O)C2CC23CCNCC3)C1.Cl. The zero-order chi connectivity index (χ0) is 15.0. The van der Waals surface area contributed by atoms with Crippen molar-refractivity contribution in [2.75, 3.05) is 13.1 Å². The Morgan fingerprint density at radius 3 is 2.55 bits per heavy atom. The first-order valence-electron chi connectivity index (χ1n) is 9.03. The van der Waals surface area contributed by atoms with Gasteiger partial charge in [0.05, 0.1) is 0 Å². The molecule has 1 saturated heterocycles. The van der Waals surface area contributed by atoms with Gasteiger partial charge in [-0.05, 0) is 68.4 Å². The molecule has 1 spiro atoms. The van der Waals surface area contributed by atoms with Crippen molar-refractivity contribution in [3.63, 3.8) is 0 Å². The number of piperidine rings is 1. The summed E-state index contributed by atoms with van der Waals surface area (Å²) in [5.74, 6) is 2.78. The molecule has 2 saturated carbocycles. The van der Waals surface area contributed by atoms with E-state index < -0.39 is 0 Å². The van der Waals surface area contributed by atoms with Gasteiger partial charge in [-0.1, -0.05) is 27.2 Å². The standard InChI is InChI=1S/C18H32N2O.ClH/c1-12(2)14-5-4-13(3)10-16(14)20-17(21)15-11-18(15)6-8-19-9-7-18;/h12-16,19H,4-11H2,1-3H3,(H,20,21);1H. The first kappa shape index (κ1) is 18.1. The number of rotatable bonds is 3. The van der Waals surface area contributed by atoms with Crippen LogP contribution >= 0.6 is 12.4 Å². The third-order valence-electron chi connectivity index (χ3n) is 6.46. The van der Waals surface area contributed by atoms with Crippen LogP contribution in [0.15, 0.2) is 0 Å². The van der Waals surface area contributed by atoms with Crippen LogP contribution in [0.3, 0.4) is 0 Å². The summed E-state index contributed by atoms with van der Waals surface area (Å²) in [4.78, 5) is 12.7. The number of amides is 1. The molecule has 4 atom stereocenters. The molecule has 1 heterocycles. The van der Waals surface area contributed by atoms with Crippen molar-refractivity contribution in [1.82, 2.24) is 10.6 Å². The lowest BCUT2D eigenvalue weighted by Crippen LogP contribution is -2.46. The summed E-state index contributed by atoms with van der Waals surface area (Å²) < 4.78 is 0. The normalized spacial score (nSPS) is 36.7. The number of hydrogen-bond donors (Lipinski definition) is 2. The van der Waals surface area contributed by atoms with E-state index in [-0.39, 0.29) is 12.4 Å². The fraction of sp³-hybridized carbons (Fsp3) is 0.944. The molecule has 0 aromatic heterocycles. The quantitative estimate of drug-likeness (QED) is 0.834. The summed E-state index contributed by atoms with van der Waals surface area (Å²) >= 11 is 0. The van der Waals surface area contributed by atoms with Gasteiger partial charge in [0.25, 0.3) is 0 Å². The third kappa shape index (κ3) is 3.62. The van der Waals surface area contributed by atoms with Crippen molar-refractivity contribution in [3.8, 4) is 0 Å². The Bertz CT molecular complexity index is 393. The van der Waals surface area contributed by atoms with E-state index in [4.69, 9.17) is 0 Å². The zero-order valence-electron chi connectivity index (χ0n) is 14.4. The zero-order valence-corrected chi connectivity index (χ0v) is 15.2. The molecule has 2 N–H and O–H groups in total. The fourth-order valence-electron chi connectivity index (χ4n) is 4.85. The number of carbonyl (C=O) groups is 1. The first-order valence-corrected chi connectivity index (χ1v) is 9.03. The smallest absolute Gasteiger partial charge is 0.223 e. The lowest BCUT2D eigenvalue weighted by molar-refractivity contribution is -0.124. The van der Waals surface area contributed by atoms with Crippen LogP contribution < -0.4 is 10.6 Å². The van der Waals surface area contributed by atoms with Gasteiger partial charge in [-0.15, -0.1) is 12.4 Å². The van der Waals surface area contributed by atoms with Gasteiger partial charge in [-0.25, -0.2) is 0 Å². The Morgan fingerprint density at radius 1 is 1.23 bits per heavy atom. The Labute approximate surface area is 141 Å². The van der Waals surface area contributed by atoms with Crippen LogP contribution in [0.25, 0.3) is 0 Å². The summed E-state index contributed by atoms with van der Waals surface area (Å²) in [5, 5.41) is 6.87. The second kappa shape index (κ2) is 7.09. The molecule has 3 aliphatic rings. The van der Waals surface area contributed by atoms with Gasteiger partial charge < -0.3 is 10.6 Å². The Kier molecular flexibility index (Phi) is 5.82. The molecule has 0 aromatic carbocycles. The minimum Gasteiger partial charge on any atom is -0.353 e. The van der Waals surface area contributed by atoms with Gasteiger partial charge in [0.2, 0.25) is 5.91 Å². The molecule has 1 amide bonds. The van der Waals surface area contributed by atoms with E-state index in [2.05, 4.69) is 31.4 Å². The van der Waals surface area contributed by atoms with Crippen LogP contribution in [0.4, 0.5) is 0 Å². The summed E-state index contributed by atoms with van der Waals surface area (Å²) in [7, 11) is 0. The summed E-state index contributed by atoms with van der Waals surface area (Å²) in [6.45, 7) is 9.15. The van der Waals surface area contributed by atoms with Gasteiger partial charge in [0.1, 0.15) is 0 Å². The largest absolute Gasteiger partial charge is 0.353 e. The van der Waals surface area contributed by atoms with Crippen molar-refractivity contribution in [2.24, 2.45) is 29.1 Å². The lowest BCUT2D eigenvalue weighted by atomic mass is 9.74. The third-order valence-corrected chi connectivity index (χ3v) is 6.46. The molecule has 3 rings (SSSR count). The maximum absolute atomic E-state index is 12.7. The summed E-state index contributed by atoms with van der Waals surface area (Å²) in [6.07, 6.45) is 7.31. The average Bonchev–Trinajstić information content (AvgIpc) is 3.13. The van der Waals surface area contributed by atoms with Crippen molar-refractivity contribution in [1.29, 1.82) is 0 Å². The van der Waals surface area contributed by atoms with Crippen LogP contribution in [0.1, 0.15) is 59.3 Å². The number of nitrogens with one attached hydrogen (secondary N) is 2. The molecule has 1 aliphatic heterocycles. The molecule has 22 heavy (non-hydrogen) atoms. The van der Waals surface area contributed by atoms with Crippen molar-refractivity contribution >= 4 is 18.3 Å². The van der Waals surface area contributed by atoms with Gasteiger partial charge in [-0.2, -0.15) is 0 Å². The minimum atomic E-state index is 0. The van der Waals surface area contributed by atoms with E-state index in [0.717, 1.165) is 25.4 Å². The highest BCUT2D eigenvalue weighted by molar-refractivity contribution is 5.85. The van der Waals surface area contributed by atoms with Crippen molar-refractivity contribution < 1.29 is 4.79 Å². The van der Waals surface area contributed by atoms with E-state index in [1.54, 1.807) is 0 Å². The predicted octanol–water partition coefficient (Wildman–Crippen LogP) is 3.37. The fourth-order valence-corrected chi connectivity index (χ4v) is 4.85. The van der Waals surface area contributed by atoms with Crippen LogP contribution in [-0.4, -0.2) is 25.0 Å². The van der Waals surface area contributed by atoms with Crippen LogP contribution in [0.5, 0.6) is 0 Å². The highest BCUT2D eigenvalue weighted by atomic mass is 35.5. The maximum atomic E-state index is 12.7. The topological polar surface area (TPSA) is 41.1 Å².